The van der Waals surface area contributed by atoms with Crippen LogP contribution in [0.3, 0.4) is 0 Å². The third-order valence-electron chi connectivity index (χ3n) is 2.82. The van der Waals surface area contributed by atoms with Crippen LogP contribution >= 0.6 is 228 Å². The Morgan fingerprint density at radius 3 is 0.414 bits per heavy atom. The number of rotatable bonds is 12. The van der Waals surface area contributed by atoms with Crippen molar-refractivity contribution in [3.05, 3.63) is 0 Å². The molecule has 0 fully saturated rings. The minimum absolute atomic E-state index is 0.134. The van der Waals surface area contributed by atoms with Gasteiger partial charge < -0.3 is 0 Å². The highest BCUT2D eigenvalue weighted by Crippen LogP contribution is 3.29. The molecule has 16 unspecified atom stereocenters. The Bertz CT molecular complexity index is 324. The summed E-state index contributed by atoms with van der Waals surface area (Å²) in [5.41, 5.74) is 0. The second-order valence-electron chi connectivity index (χ2n) is 4.80. The van der Waals surface area contributed by atoms with Crippen molar-refractivity contribution in [2.75, 3.05) is 0 Å². The van der Waals surface area contributed by atoms with Crippen LogP contribution in [0.2, 0.25) is 0 Å². The molecule has 0 nitrogen and oxygen atoms in total. The van der Waals surface area contributed by atoms with Crippen molar-refractivity contribution < 1.29 is 0 Å². The van der Waals surface area contributed by atoms with Gasteiger partial charge in [0.25, 0.3) is 0 Å². The molecule has 0 heterocycles. The molecular weight excluding hydrogens is 879 g/mol. The summed E-state index contributed by atoms with van der Waals surface area (Å²) in [4.78, 5) is 0. The van der Waals surface area contributed by atoms with Crippen molar-refractivity contribution in [1.82, 2.24) is 0 Å². The Morgan fingerprint density at radius 2 is 0.345 bits per heavy atom. The Labute approximate surface area is 229 Å². The topological polar surface area (TPSA) is 0 Å². The summed E-state index contributed by atoms with van der Waals surface area (Å²) in [7, 11) is 52.2. The van der Waals surface area contributed by atoms with Crippen molar-refractivity contribution in [1.29, 1.82) is 0 Å². The van der Waals surface area contributed by atoms with Crippen LogP contribution in [0.15, 0.2) is 0 Å². The van der Waals surface area contributed by atoms with E-state index in [-0.39, 0.29) is 85.1 Å². The van der Waals surface area contributed by atoms with Gasteiger partial charge >= 0.3 is 0 Å². The molecule has 0 bridgehead atoms. The van der Waals surface area contributed by atoms with Crippen LogP contribution in [0.25, 0.3) is 0 Å². The fraction of sp³-hybridized carbons (Fsp3) is 1.00. The maximum atomic E-state index is 3.30. The molecule has 0 amide bonds. The number of hydrogen-bond acceptors (Lipinski definition) is 0. The van der Waals surface area contributed by atoms with Crippen molar-refractivity contribution in [2.24, 2.45) is 0 Å². The van der Waals surface area contributed by atoms with E-state index in [1.807, 2.05) is 0 Å². The zero-order chi connectivity index (χ0) is 23.4. The first kappa shape index (κ1) is 41.0. The summed E-state index contributed by atoms with van der Waals surface area (Å²) in [6.07, 6.45) is 0. The first-order chi connectivity index (χ1) is 13.1. The second kappa shape index (κ2) is 20.9. The molecule has 0 radical (unpaired) electrons. The maximum Gasteiger partial charge on any atom is 0.0853 e. The summed E-state index contributed by atoms with van der Waals surface area (Å²) in [5, 5.41) is 0. The van der Waals surface area contributed by atoms with Gasteiger partial charge in [-0.15, -0.1) is 143 Å². The van der Waals surface area contributed by atoms with E-state index in [1.54, 1.807) is 0 Å². The first-order valence-corrected chi connectivity index (χ1v) is 54.3. The molecule has 0 aliphatic heterocycles. The quantitative estimate of drug-likeness (QED) is 0.171. The summed E-state index contributed by atoms with van der Waals surface area (Å²) in [5.74, 6) is 0. The molecule has 0 aromatic rings. The molecule has 0 aliphatic rings. The van der Waals surface area contributed by atoms with E-state index < -0.39 is 0 Å². The third-order valence-corrected chi connectivity index (χ3v) is 121. The molecule has 0 saturated carbocycles. The van der Waals surface area contributed by atoms with Crippen molar-refractivity contribution in [3.63, 3.8) is 0 Å². The number of hydrogen-bond donors (Lipinski definition) is 0. The zero-order valence-electron chi connectivity index (χ0n) is 15.1. The van der Waals surface area contributed by atoms with E-state index in [0.29, 0.717) is 4.38 Å². The highest BCUT2D eigenvalue weighted by Gasteiger charge is 2.63. The lowest BCUT2D eigenvalue weighted by molar-refractivity contribution is 1.87. The van der Waals surface area contributed by atoms with E-state index in [2.05, 4.69) is 143 Å². The second-order valence-corrected chi connectivity index (χ2v) is 104. The van der Waals surface area contributed by atoms with Gasteiger partial charge in [-0.25, -0.2) is 0 Å². The largest absolute Gasteiger partial charge is 0.102 e. The van der Waals surface area contributed by atoms with Gasteiger partial charge in [0.1, 0.15) is 0 Å². The third kappa shape index (κ3) is 12.5. The van der Waals surface area contributed by atoms with E-state index in [0.717, 1.165) is 0 Å². The molecule has 16 atom stereocenters. The van der Waals surface area contributed by atoms with Crippen LogP contribution in [0, 0.1) is 0 Å². The lowest BCUT2D eigenvalue weighted by Gasteiger charge is -2.62. The summed E-state index contributed by atoms with van der Waals surface area (Å²) >= 11 is 0. The lowest BCUT2D eigenvalue weighted by atomic mass is 11.8. The van der Waals surface area contributed by atoms with E-state index in [9.17, 15) is 0 Å². The van der Waals surface area contributed by atoms with Gasteiger partial charge in [-0.2, -0.15) is 0 Å². The van der Waals surface area contributed by atoms with Crippen molar-refractivity contribution in [2.45, 2.75) is 4.38 Å². The van der Waals surface area contributed by atoms with E-state index in [1.165, 1.54) is 0 Å². The summed E-state index contributed by atoms with van der Waals surface area (Å²) in [6, 6.07) is 0. The highest BCUT2D eigenvalue weighted by atomic mass is 33.0. The average molecular weight is 912 g/mol. The Balaban J connectivity index is 7.65. The van der Waals surface area contributed by atoms with Gasteiger partial charge in [-0.1, -0.05) is 0 Å². The van der Waals surface area contributed by atoms with Crippen LogP contribution in [-0.4, -0.2) is 4.38 Å². The van der Waals surface area contributed by atoms with Crippen molar-refractivity contribution >= 4 is 228 Å². The molecule has 28 heteroatoms. The van der Waals surface area contributed by atoms with Gasteiger partial charge in [0.2, 0.25) is 0 Å². The maximum absolute atomic E-state index is 3.30. The summed E-state index contributed by atoms with van der Waals surface area (Å²) in [6.45, 7) is -1.22. The van der Waals surface area contributed by atoms with Crippen LogP contribution < -0.4 is 0 Å². The monoisotopic (exact) mass is 912 g/mol. The molecule has 0 rings (SSSR count). The zero-order valence-corrected chi connectivity index (χ0v) is 44.3. The molecule has 0 aromatic carbocycles. The summed E-state index contributed by atoms with van der Waals surface area (Å²) < 4.78 is 0.499. The first-order valence-electron chi connectivity index (χ1n) is 6.63. The van der Waals surface area contributed by atoms with Crippen LogP contribution in [0.4, 0.5) is 0 Å². The SMILES string of the molecule is PP(P)P(P(P)P)C(P(P(P)P)P(P)P)(P(P(P)P)P(P)P)P(P(P)P)P(P)P. The van der Waals surface area contributed by atoms with Gasteiger partial charge in [0.15, 0.2) is 0 Å². The minimum Gasteiger partial charge on any atom is -0.102 e. The fourth-order valence-electron chi connectivity index (χ4n) is 2.20. The lowest BCUT2D eigenvalue weighted by Crippen LogP contribution is -2.11. The van der Waals surface area contributed by atoms with Gasteiger partial charge in [0, 0.05) is 0 Å². The van der Waals surface area contributed by atoms with E-state index in [4.69, 9.17) is 0 Å². The predicted octanol–water partition coefficient (Wildman–Crippen LogP) is 15.3. The molecule has 176 valence electrons. The molecule has 0 aliphatic carbocycles. The van der Waals surface area contributed by atoms with E-state index >= 15 is 0 Å². The van der Waals surface area contributed by atoms with Crippen LogP contribution in [0.1, 0.15) is 0 Å². The van der Waals surface area contributed by atoms with Gasteiger partial charge in [-0.05, 0) is 85.1 Å². The van der Waals surface area contributed by atoms with Gasteiger partial charge in [0.05, 0.1) is 4.38 Å². The Kier molecular flexibility index (Phi) is 29.6. The molecular formula is CH32P28. The normalized spacial score (nSPS) is 14.5. The molecule has 0 saturated heterocycles. The molecule has 0 aromatic heterocycles. The van der Waals surface area contributed by atoms with Crippen LogP contribution in [-0.2, 0) is 0 Å². The fourth-order valence-corrected chi connectivity index (χ4v) is 255. The average Bonchev–Trinajstić information content (AvgIpc) is 2.42. The smallest absolute Gasteiger partial charge is 0.0853 e. The van der Waals surface area contributed by atoms with Gasteiger partial charge in [-0.3, -0.25) is 0 Å². The molecule has 0 N–H and O–H groups in total. The highest BCUT2D eigenvalue weighted by molar-refractivity contribution is 9.13. The standard InChI is InChI=1S/CH32P28/c2-22(3)18(23(4)5)1(19(24(6)7)25(8)9,20(26(10)11)27(12)13)21(28(14)15)29(16)17/h2-17H2. The Hall–Kier alpha value is 12.0. The Morgan fingerprint density at radius 1 is 0.241 bits per heavy atom. The molecule has 0 spiro atoms. The van der Waals surface area contributed by atoms with Crippen LogP contribution in [0.5, 0.6) is 0 Å². The molecule has 29 heavy (non-hydrogen) atoms. The predicted molar refractivity (Wildman–Crippen MR) is 241 cm³/mol. The minimum atomic E-state index is -0.152. The van der Waals surface area contributed by atoms with Crippen molar-refractivity contribution in [3.8, 4) is 0 Å².